The van der Waals surface area contributed by atoms with Gasteiger partial charge in [-0.15, -0.1) is 0 Å². The molecule has 3 heteroatoms. The van der Waals surface area contributed by atoms with Crippen molar-refractivity contribution in [1.29, 1.82) is 0 Å². The van der Waals surface area contributed by atoms with Crippen LogP contribution in [0.1, 0.15) is 5.69 Å². The highest BCUT2D eigenvalue weighted by Crippen LogP contribution is 1.94. The third-order valence-electron chi connectivity index (χ3n) is 1.10. The second-order valence-electron chi connectivity index (χ2n) is 1.93. The molecule has 0 saturated carbocycles. The van der Waals surface area contributed by atoms with Crippen LogP contribution in [0.25, 0.3) is 0 Å². The number of nitrogens with two attached hydrogens (primary N) is 1. The van der Waals surface area contributed by atoms with Crippen molar-refractivity contribution < 1.29 is 0 Å². The van der Waals surface area contributed by atoms with Gasteiger partial charge < -0.3 is 5.73 Å². The van der Waals surface area contributed by atoms with Crippen LogP contribution in [0.15, 0.2) is 12.1 Å². The maximum atomic E-state index is 5.40. The minimum absolute atomic E-state index is 0.412. The Kier molecular flexibility index (Phi) is 1.43. The van der Waals surface area contributed by atoms with E-state index >= 15 is 0 Å². The lowest BCUT2D eigenvalue weighted by atomic mass is 10.0. The van der Waals surface area contributed by atoms with E-state index < -0.39 is 0 Å². The van der Waals surface area contributed by atoms with Crippen molar-refractivity contribution in [2.75, 3.05) is 5.73 Å². The third kappa shape index (κ3) is 1.22. The first-order valence-corrected chi connectivity index (χ1v) is 2.69. The number of nitrogen functional groups attached to an aromatic ring is 1. The van der Waals surface area contributed by atoms with Gasteiger partial charge in [0.15, 0.2) is 0 Å². The lowest BCUT2D eigenvalue weighted by Gasteiger charge is -1.98. The molecule has 2 nitrogen and oxygen atoms in total. The van der Waals surface area contributed by atoms with E-state index in [0.29, 0.717) is 11.3 Å². The second-order valence-corrected chi connectivity index (χ2v) is 1.93. The van der Waals surface area contributed by atoms with Gasteiger partial charge in [0.25, 0.3) is 0 Å². The molecule has 9 heavy (non-hydrogen) atoms. The minimum atomic E-state index is 0.412. The quantitative estimate of drug-likeness (QED) is 0.477. The Balaban J connectivity index is 3.17. The van der Waals surface area contributed by atoms with Gasteiger partial charge >= 0.3 is 0 Å². The van der Waals surface area contributed by atoms with Crippen molar-refractivity contribution in [3.8, 4) is 0 Å². The van der Waals surface area contributed by atoms with Crippen molar-refractivity contribution in [2.45, 2.75) is 6.92 Å². The maximum Gasteiger partial charge on any atom is 0.144 e. The van der Waals surface area contributed by atoms with Crippen molar-refractivity contribution >= 4 is 19.1 Å². The SMILES string of the molecule is [B]c1nc(C)ccc1N. The van der Waals surface area contributed by atoms with Gasteiger partial charge in [0.2, 0.25) is 0 Å². The van der Waals surface area contributed by atoms with Crippen LogP contribution in [0.5, 0.6) is 0 Å². The van der Waals surface area contributed by atoms with Gasteiger partial charge in [-0.25, -0.2) is 0 Å². The first-order valence-electron chi connectivity index (χ1n) is 2.69. The molecule has 0 aliphatic carbocycles. The van der Waals surface area contributed by atoms with Gasteiger partial charge in [0.05, 0.1) is 0 Å². The zero-order chi connectivity index (χ0) is 6.85. The Morgan fingerprint density at radius 1 is 1.56 bits per heavy atom. The molecule has 0 aromatic carbocycles. The minimum Gasteiger partial charge on any atom is -0.398 e. The van der Waals surface area contributed by atoms with Crippen molar-refractivity contribution in [1.82, 2.24) is 4.98 Å². The summed E-state index contributed by atoms with van der Waals surface area (Å²) in [4.78, 5) is 3.93. The number of rotatable bonds is 0. The van der Waals surface area contributed by atoms with Crippen LogP contribution in [-0.2, 0) is 0 Å². The fourth-order valence-electron chi connectivity index (χ4n) is 0.588. The molecule has 0 aliphatic rings. The van der Waals surface area contributed by atoms with Gasteiger partial charge in [-0.05, 0) is 19.1 Å². The average molecular weight is 118 g/mol. The normalized spacial score (nSPS) is 9.44. The molecule has 0 amide bonds. The Hall–Kier alpha value is -0.985. The smallest absolute Gasteiger partial charge is 0.144 e. The molecule has 1 aromatic rings. The Morgan fingerprint density at radius 2 is 2.22 bits per heavy atom. The zero-order valence-electron chi connectivity index (χ0n) is 5.26. The van der Waals surface area contributed by atoms with Crippen LogP contribution < -0.4 is 11.3 Å². The molecule has 0 aliphatic heterocycles. The van der Waals surface area contributed by atoms with Gasteiger partial charge in [-0.2, -0.15) is 0 Å². The van der Waals surface area contributed by atoms with Crippen molar-refractivity contribution in [3.63, 3.8) is 0 Å². The molecule has 0 atom stereocenters. The third-order valence-corrected chi connectivity index (χ3v) is 1.10. The topological polar surface area (TPSA) is 38.9 Å². The number of nitrogens with zero attached hydrogens (tertiary/aromatic N) is 1. The lowest BCUT2D eigenvalue weighted by Crippen LogP contribution is -2.14. The highest BCUT2D eigenvalue weighted by atomic mass is 14.7. The molecule has 0 bridgehead atoms. The molecule has 1 rings (SSSR count). The first kappa shape index (κ1) is 6.14. The van der Waals surface area contributed by atoms with Crippen molar-refractivity contribution in [2.24, 2.45) is 0 Å². The average Bonchev–Trinajstić information content (AvgIpc) is 1.80. The van der Waals surface area contributed by atoms with E-state index in [2.05, 4.69) is 4.98 Å². The number of anilines is 1. The van der Waals surface area contributed by atoms with Crippen LogP contribution >= 0.6 is 0 Å². The van der Waals surface area contributed by atoms with Gasteiger partial charge in [0, 0.05) is 17.0 Å². The van der Waals surface area contributed by atoms with Gasteiger partial charge in [0.1, 0.15) is 7.85 Å². The molecule has 0 spiro atoms. The summed E-state index contributed by atoms with van der Waals surface area (Å²) >= 11 is 0. The summed E-state index contributed by atoms with van der Waals surface area (Å²) in [5.41, 5.74) is 7.25. The lowest BCUT2D eigenvalue weighted by molar-refractivity contribution is 1.24. The van der Waals surface area contributed by atoms with E-state index in [-0.39, 0.29) is 0 Å². The van der Waals surface area contributed by atoms with E-state index in [9.17, 15) is 0 Å². The van der Waals surface area contributed by atoms with Crippen LogP contribution in [0.2, 0.25) is 0 Å². The molecule has 0 unspecified atom stereocenters. The summed E-state index contributed by atoms with van der Waals surface area (Å²) in [6, 6.07) is 3.57. The van der Waals surface area contributed by atoms with E-state index in [1.165, 1.54) is 0 Å². The molecule has 44 valence electrons. The fourth-order valence-corrected chi connectivity index (χ4v) is 0.588. The standard InChI is InChI=1S/C6H7BN2/c1-4-2-3-5(8)6(7)9-4/h2-3H,8H2,1H3. The molecule has 1 aromatic heterocycles. The van der Waals surface area contributed by atoms with Crippen molar-refractivity contribution in [3.05, 3.63) is 17.8 Å². The molecule has 1 heterocycles. The summed E-state index contributed by atoms with van der Waals surface area (Å²) in [6.07, 6.45) is 0. The van der Waals surface area contributed by atoms with Crippen LogP contribution in [0, 0.1) is 6.92 Å². The summed E-state index contributed by atoms with van der Waals surface area (Å²) in [6.45, 7) is 1.87. The maximum absolute atomic E-state index is 5.40. The largest absolute Gasteiger partial charge is 0.398 e. The Bertz CT molecular complexity index is 222. The van der Waals surface area contributed by atoms with Gasteiger partial charge in [-0.1, -0.05) is 0 Å². The van der Waals surface area contributed by atoms with E-state index in [1.54, 1.807) is 6.07 Å². The number of pyridine rings is 1. The number of aromatic nitrogens is 1. The molecule has 2 N–H and O–H groups in total. The Labute approximate surface area is 55.5 Å². The monoisotopic (exact) mass is 118 g/mol. The predicted molar refractivity (Wildman–Crippen MR) is 38.8 cm³/mol. The zero-order valence-corrected chi connectivity index (χ0v) is 5.26. The number of hydrogen-bond donors (Lipinski definition) is 1. The van der Waals surface area contributed by atoms with E-state index in [1.807, 2.05) is 13.0 Å². The van der Waals surface area contributed by atoms with Gasteiger partial charge in [-0.3, -0.25) is 4.98 Å². The molecular weight excluding hydrogens is 111 g/mol. The highest BCUT2D eigenvalue weighted by molar-refractivity contribution is 6.33. The van der Waals surface area contributed by atoms with Crippen LogP contribution in [0.3, 0.4) is 0 Å². The van der Waals surface area contributed by atoms with E-state index in [4.69, 9.17) is 13.6 Å². The van der Waals surface area contributed by atoms with Crippen LogP contribution in [-0.4, -0.2) is 12.8 Å². The van der Waals surface area contributed by atoms with Crippen LogP contribution in [0.4, 0.5) is 5.69 Å². The molecule has 2 radical (unpaired) electrons. The molecule has 0 saturated heterocycles. The first-order chi connectivity index (χ1) is 4.20. The molecule has 0 fully saturated rings. The van der Waals surface area contributed by atoms with E-state index in [0.717, 1.165) is 5.69 Å². The summed E-state index contributed by atoms with van der Waals surface area (Å²) in [5.74, 6) is 0. The molecular formula is C6H7BN2. The Morgan fingerprint density at radius 3 is 2.67 bits per heavy atom. The second kappa shape index (κ2) is 2.09. The fraction of sp³-hybridized carbons (Fsp3) is 0.167. The number of hydrogen-bond acceptors (Lipinski definition) is 2. The predicted octanol–water partition coefficient (Wildman–Crippen LogP) is -0.234. The summed E-state index contributed by atoms with van der Waals surface area (Å²) in [7, 11) is 5.38. The summed E-state index contributed by atoms with van der Waals surface area (Å²) < 4.78 is 0. The number of aryl methyl sites for hydroxylation is 1. The highest BCUT2D eigenvalue weighted by Gasteiger charge is 1.90. The summed E-state index contributed by atoms with van der Waals surface area (Å²) in [5, 5.41) is 0.